The quantitative estimate of drug-likeness (QED) is 0.618. The number of nitrogens with one attached hydrogen (secondary N) is 1. The molecule has 1 fully saturated rings. The van der Waals surface area contributed by atoms with E-state index in [-0.39, 0.29) is 11.9 Å². The van der Waals surface area contributed by atoms with Gasteiger partial charge in [0.1, 0.15) is 12.2 Å². The molecule has 0 bridgehead atoms. The second-order valence-corrected chi connectivity index (χ2v) is 5.92. The third-order valence-corrected chi connectivity index (χ3v) is 4.23. The summed E-state index contributed by atoms with van der Waals surface area (Å²) in [5.74, 6) is -0.641. The Hall–Kier alpha value is -1.44. The number of halogens is 1. The summed E-state index contributed by atoms with van der Waals surface area (Å²) in [7, 11) is 1.54. The van der Waals surface area contributed by atoms with Crippen molar-refractivity contribution in [2.45, 2.75) is 37.9 Å². The Morgan fingerprint density at radius 1 is 1.35 bits per heavy atom. The number of carbonyl (C=O) groups excluding carboxylic acids is 2. The van der Waals surface area contributed by atoms with Gasteiger partial charge in [-0.1, -0.05) is 34.1 Å². The van der Waals surface area contributed by atoms with Gasteiger partial charge in [-0.15, -0.1) is 0 Å². The Labute approximate surface area is 143 Å². The molecule has 1 aromatic carbocycles. The van der Waals surface area contributed by atoms with Crippen LogP contribution in [0.2, 0.25) is 0 Å². The highest BCUT2D eigenvalue weighted by Crippen LogP contribution is 2.25. The maximum Gasteiger partial charge on any atom is 0.338 e. The average Bonchev–Trinajstić information content (AvgIpc) is 2.56. The molecule has 0 aromatic heterocycles. The second-order valence-electron chi connectivity index (χ2n) is 5.27. The molecule has 1 saturated heterocycles. The van der Waals surface area contributed by atoms with E-state index in [1.165, 1.54) is 14.0 Å². The van der Waals surface area contributed by atoms with E-state index in [0.29, 0.717) is 17.3 Å². The van der Waals surface area contributed by atoms with Crippen LogP contribution in [0.25, 0.3) is 0 Å². The zero-order valence-corrected chi connectivity index (χ0v) is 14.6. The van der Waals surface area contributed by atoms with Gasteiger partial charge in [-0.2, -0.15) is 0 Å². The highest BCUT2D eigenvalue weighted by molar-refractivity contribution is 9.09. The number of methoxy groups -OCH3 is 1. The van der Waals surface area contributed by atoms with Crippen molar-refractivity contribution in [3.63, 3.8) is 0 Å². The number of alkyl halides is 1. The third-order valence-electron chi connectivity index (χ3n) is 3.59. The minimum absolute atomic E-state index is 0.194. The standard InChI is InChI=1S/C16H20BrNO5/c1-10(19)18-12-8-14(21-2)22-13(9-17)15(12)23-16(20)11-6-4-3-5-7-11/h3-7,12-15H,8-9H2,1-2H3,(H,18,19)/t12-,13+,14+,15+/m0/s1. The molecule has 6 nitrogen and oxygen atoms in total. The molecule has 1 amide bonds. The molecule has 1 aliphatic rings. The third kappa shape index (κ3) is 4.76. The van der Waals surface area contributed by atoms with Crippen LogP contribution in [-0.4, -0.2) is 48.9 Å². The fourth-order valence-electron chi connectivity index (χ4n) is 2.53. The normalized spacial score (nSPS) is 27.3. The Kier molecular flexibility index (Phi) is 6.56. The predicted molar refractivity (Wildman–Crippen MR) is 87.3 cm³/mol. The van der Waals surface area contributed by atoms with Crippen LogP contribution >= 0.6 is 15.9 Å². The van der Waals surface area contributed by atoms with E-state index < -0.39 is 24.5 Å². The number of rotatable bonds is 5. The van der Waals surface area contributed by atoms with Crippen LogP contribution in [0.5, 0.6) is 0 Å². The van der Waals surface area contributed by atoms with Crippen molar-refractivity contribution < 1.29 is 23.8 Å². The van der Waals surface area contributed by atoms with Gasteiger partial charge in [-0.25, -0.2) is 4.79 Å². The highest BCUT2D eigenvalue weighted by atomic mass is 79.9. The van der Waals surface area contributed by atoms with Crippen LogP contribution in [-0.2, 0) is 19.0 Å². The maximum absolute atomic E-state index is 12.3. The van der Waals surface area contributed by atoms with Crippen LogP contribution in [0.15, 0.2) is 30.3 Å². The molecular formula is C16H20BrNO5. The minimum atomic E-state index is -0.600. The van der Waals surface area contributed by atoms with Crippen molar-refractivity contribution in [2.24, 2.45) is 0 Å². The Balaban J connectivity index is 2.16. The van der Waals surface area contributed by atoms with E-state index in [1.807, 2.05) is 6.07 Å². The first-order valence-corrected chi connectivity index (χ1v) is 8.44. The van der Waals surface area contributed by atoms with Gasteiger partial charge in [0.05, 0.1) is 11.6 Å². The lowest BCUT2D eigenvalue weighted by molar-refractivity contribution is -0.213. The summed E-state index contributed by atoms with van der Waals surface area (Å²) < 4.78 is 16.6. The number of esters is 1. The van der Waals surface area contributed by atoms with Crippen molar-refractivity contribution in [1.82, 2.24) is 5.32 Å². The van der Waals surface area contributed by atoms with Crippen molar-refractivity contribution in [2.75, 3.05) is 12.4 Å². The number of ether oxygens (including phenoxy) is 3. The second kappa shape index (κ2) is 8.42. The number of carbonyl (C=O) groups is 2. The average molecular weight is 386 g/mol. The lowest BCUT2D eigenvalue weighted by atomic mass is 9.99. The van der Waals surface area contributed by atoms with E-state index in [2.05, 4.69) is 21.2 Å². The fourth-order valence-corrected chi connectivity index (χ4v) is 3.05. The summed E-state index contributed by atoms with van der Waals surface area (Å²) in [5, 5.41) is 3.27. The zero-order chi connectivity index (χ0) is 16.8. The highest BCUT2D eigenvalue weighted by Gasteiger charge is 2.41. The van der Waals surface area contributed by atoms with E-state index >= 15 is 0 Å². The summed E-state index contributed by atoms with van der Waals surface area (Å²) in [6, 6.07) is 8.35. The van der Waals surface area contributed by atoms with Crippen LogP contribution in [0.1, 0.15) is 23.7 Å². The van der Waals surface area contributed by atoms with E-state index in [1.54, 1.807) is 24.3 Å². The van der Waals surface area contributed by atoms with Crippen LogP contribution in [0.4, 0.5) is 0 Å². The van der Waals surface area contributed by atoms with E-state index in [4.69, 9.17) is 14.2 Å². The number of hydrogen-bond acceptors (Lipinski definition) is 5. The molecule has 0 saturated carbocycles. The molecule has 1 heterocycles. The molecule has 0 unspecified atom stereocenters. The van der Waals surface area contributed by atoms with Crippen molar-refractivity contribution in [1.29, 1.82) is 0 Å². The van der Waals surface area contributed by atoms with Gasteiger partial charge >= 0.3 is 5.97 Å². The molecule has 1 N–H and O–H groups in total. The summed E-state index contributed by atoms with van der Waals surface area (Å²) in [6.07, 6.45) is -1.07. The molecular weight excluding hydrogens is 366 g/mol. The summed E-state index contributed by atoms with van der Waals surface area (Å²) in [6.45, 7) is 1.43. The predicted octanol–water partition coefficient (Wildman–Crippen LogP) is 1.87. The van der Waals surface area contributed by atoms with E-state index in [0.717, 1.165) is 0 Å². The molecule has 2 rings (SSSR count). The van der Waals surface area contributed by atoms with Crippen LogP contribution in [0, 0.1) is 0 Å². The van der Waals surface area contributed by atoms with Crippen LogP contribution in [0.3, 0.4) is 0 Å². The molecule has 0 aliphatic carbocycles. The number of hydrogen-bond donors (Lipinski definition) is 1. The summed E-state index contributed by atoms with van der Waals surface area (Å²) >= 11 is 3.36. The lowest BCUT2D eigenvalue weighted by Gasteiger charge is -2.40. The van der Waals surface area contributed by atoms with Gasteiger partial charge in [-0.05, 0) is 12.1 Å². The van der Waals surface area contributed by atoms with Crippen LogP contribution < -0.4 is 5.32 Å². The first-order chi connectivity index (χ1) is 11.0. The van der Waals surface area contributed by atoms with Gasteiger partial charge in [0.15, 0.2) is 6.29 Å². The van der Waals surface area contributed by atoms with Crippen molar-refractivity contribution in [3.05, 3.63) is 35.9 Å². The minimum Gasteiger partial charge on any atom is -0.454 e. The Morgan fingerprint density at radius 3 is 2.61 bits per heavy atom. The number of benzene rings is 1. The summed E-state index contributed by atoms with van der Waals surface area (Å²) in [4.78, 5) is 23.8. The first kappa shape index (κ1) is 17.9. The molecule has 126 valence electrons. The molecule has 0 radical (unpaired) electrons. The van der Waals surface area contributed by atoms with Gasteiger partial charge < -0.3 is 19.5 Å². The van der Waals surface area contributed by atoms with Crippen molar-refractivity contribution >= 4 is 27.8 Å². The smallest absolute Gasteiger partial charge is 0.338 e. The Bertz CT molecular complexity index is 539. The number of amides is 1. The molecule has 1 aliphatic heterocycles. The Morgan fingerprint density at radius 2 is 2.04 bits per heavy atom. The topological polar surface area (TPSA) is 73.9 Å². The largest absolute Gasteiger partial charge is 0.454 e. The molecule has 7 heteroatoms. The van der Waals surface area contributed by atoms with E-state index in [9.17, 15) is 9.59 Å². The first-order valence-electron chi connectivity index (χ1n) is 7.32. The molecule has 4 atom stereocenters. The van der Waals surface area contributed by atoms with Crippen molar-refractivity contribution in [3.8, 4) is 0 Å². The molecule has 1 aromatic rings. The van der Waals surface area contributed by atoms with Gasteiger partial charge in [-0.3, -0.25) is 4.79 Å². The van der Waals surface area contributed by atoms with Gasteiger partial charge in [0.25, 0.3) is 0 Å². The van der Waals surface area contributed by atoms with Gasteiger partial charge in [0, 0.05) is 25.8 Å². The SMILES string of the molecule is CO[C@H]1C[C@H](NC(C)=O)[C@@H](OC(=O)c2ccccc2)[C@@H](CBr)O1. The maximum atomic E-state index is 12.3. The molecule has 23 heavy (non-hydrogen) atoms. The summed E-state index contributed by atoms with van der Waals surface area (Å²) in [5.41, 5.74) is 0.455. The molecule has 0 spiro atoms. The van der Waals surface area contributed by atoms with Gasteiger partial charge in [0.2, 0.25) is 5.91 Å². The fraction of sp³-hybridized carbons (Fsp3) is 0.500. The zero-order valence-electron chi connectivity index (χ0n) is 13.0. The monoisotopic (exact) mass is 385 g/mol. The lowest BCUT2D eigenvalue weighted by Crippen LogP contribution is -2.57.